The summed E-state index contributed by atoms with van der Waals surface area (Å²) in [5.74, 6) is 0. The maximum absolute atomic E-state index is 5.75. The first-order valence-electron chi connectivity index (χ1n) is 5.17. The van der Waals surface area contributed by atoms with Crippen molar-refractivity contribution in [1.82, 2.24) is 9.78 Å². The van der Waals surface area contributed by atoms with E-state index in [0.29, 0.717) is 18.2 Å². The summed E-state index contributed by atoms with van der Waals surface area (Å²) in [6.45, 7) is 5.97. The lowest BCUT2D eigenvalue weighted by molar-refractivity contribution is -0.141. The Morgan fingerprint density at radius 3 is 2.53 bits per heavy atom. The van der Waals surface area contributed by atoms with E-state index >= 15 is 0 Å². The predicted molar refractivity (Wildman–Crippen MR) is 58.9 cm³/mol. The molecule has 1 aromatic rings. The molecular formula is C10H17ClN2O2. The van der Waals surface area contributed by atoms with Gasteiger partial charge in [-0.05, 0) is 13.8 Å². The zero-order chi connectivity index (χ0) is 11.1. The highest BCUT2D eigenvalue weighted by molar-refractivity contribution is 6.30. The van der Waals surface area contributed by atoms with Crippen LogP contribution in [0.5, 0.6) is 0 Å². The lowest BCUT2D eigenvalue weighted by Gasteiger charge is -2.16. The second-order valence-corrected chi connectivity index (χ2v) is 3.49. The zero-order valence-corrected chi connectivity index (χ0v) is 9.91. The second kappa shape index (κ2) is 6.82. The Hall–Kier alpha value is -0.580. The van der Waals surface area contributed by atoms with Crippen LogP contribution in [0.25, 0.3) is 0 Å². The summed E-state index contributed by atoms with van der Waals surface area (Å²) in [5, 5.41) is 4.73. The van der Waals surface area contributed by atoms with Gasteiger partial charge < -0.3 is 9.47 Å². The molecule has 0 atom stereocenters. The van der Waals surface area contributed by atoms with Crippen LogP contribution in [0.15, 0.2) is 12.4 Å². The Bertz CT molecular complexity index is 272. The number of hydrogen-bond acceptors (Lipinski definition) is 3. The van der Waals surface area contributed by atoms with Gasteiger partial charge in [0, 0.05) is 32.4 Å². The van der Waals surface area contributed by atoms with Crippen LogP contribution < -0.4 is 0 Å². The molecule has 15 heavy (non-hydrogen) atoms. The number of aryl methyl sites for hydroxylation is 1. The highest BCUT2D eigenvalue weighted by Gasteiger charge is 2.08. The molecule has 0 radical (unpaired) electrons. The number of aromatic nitrogens is 2. The van der Waals surface area contributed by atoms with Crippen LogP contribution in [0.1, 0.15) is 20.3 Å². The molecule has 0 unspecified atom stereocenters. The molecule has 0 saturated heterocycles. The van der Waals surface area contributed by atoms with E-state index in [2.05, 4.69) is 5.10 Å². The van der Waals surface area contributed by atoms with Gasteiger partial charge in [0.2, 0.25) is 0 Å². The van der Waals surface area contributed by atoms with Gasteiger partial charge in [-0.3, -0.25) is 4.68 Å². The Kier molecular flexibility index (Phi) is 5.68. The van der Waals surface area contributed by atoms with Gasteiger partial charge in [0.15, 0.2) is 6.29 Å². The lowest BCUT2D eigenvalue weighted by atomic mass is 10.4. The van der Waals surface area contributed by atoms with Crippen molar-refractivity contribution in [2.24, 2.45) is 0 Å². The van der Waals surface area contributed by atoms with E-state index in [-0.39, 0.29) is 6.29 Å². The molecular weight excluding hydrogens is 216 g/mol. The second-order valence-electron chi connectivity index (χ2n) is 3.05. The van der Waals surface area contributed by atoms with Crippen molar-refractivity contribution < 1.29 is 9.47 Å². The third-order valence-electron chi connectivity index (χ3n) is 1.90. The van der Waals surface area contributed by atoms with Gasteiger partial charge in [-0.2, -0.15) is 5.10 Å². The summed E-state index contributed by atoms with van der Waals surface area (Å²) < 4.78 is 12.6. The maximum Gasteiger partial charge on any atom is 0.159 e. The number of hydrogen-bond donors (Lipinski definition) is 0. The average molecular weight is 233 g/mol. The van der Waals surface area contributed by atoms with E-state index in [1.165, 1.54) is 0 Å². The summed E-state index contributed by atoms with van der Waals surface area (Å²) in [6.07, 6.45) is 4.04. The van der Waals surface area contributed by atoms with Gasteiger partial charge in [0.1, 0.15) is 0 Å². The van der Waals surface area contributed by atoms with Crippen LogP contribution >= 0.6 is 11.6 Å². The van der Waals surface area contributed by atoms with Crippen molar-refractivity contribution in [3.63, 3.8) is 0 Å². The van der Waals surface area contributed by atoms with Crippen molar-refractivity contribution in [2.75, 3.05) is 13.2 Å². The van der Waals surface area contributed by atoms with Crippen LogP contribution in [0, 0.1) is 0 Å². The van der Waals surface area contributed by atoms with E-state index in [1.807, 2.05) is 13.8 Å². The quantitative estimate of drug-likeness (QED) is 0.677. The summed E-state index contributed by atoms with van der Waals surface area (Å²) in [4.78, 5) is 0. The molecule has 86 valence electrons. The van der Waals surface area contributed by atoms with Gasteiger partial charge in [0.25, 0.3) is 0 Å². The smallest absolute Gasteiger partial charge is 0.159 e. The highest BCUT2D eigenvalue weighted by atomic mass is 35.5. The monoisotopic (exact) mass is 232 g/mol. The van der Waals surface area contributed by atoms with Gasteiger partial charge >= 0.3 is 0 Å². The first-order chi connectivity index (χ1) is 7.26. The molecule has 0 aliphatic heterocycles. The minimum absolute atomic E-state index is 0.150. The molecule has 0 aromatic carbocycles. The molecule has 0 bridgehead atoms. The summed E-state index contributed by atoms with van der Waals surface area (Å²) in [5.41, 5.74) is 0. The topological polar surface area (TPSA) is 36.3 Å². The van der Waals surface area contributed by atoms with Crippen LogP contribution in [0.4, 0.5) is 0 Å². The zero-order valence-electron chi connectivity index (χ0n) is 9.15. The van der Waals surface area contributed by atoms with Crippen LogP contribution in [0.2, 0.25) is 5.02 Å². The largest absolute Gasteiger partial charge is 0.353 e. The normalized spacial score (nSPS) is 11.2. The minimum Gasteiger partial charge on any atom is -0.353 e. The van der Waals surface area contributed by atoms with Crippen molar-refractivity contribution in [1.29, 1.82) is 0 Å². The van der Waals surface area contributed by atoms with E-state index in [1.54, 1.807) is 17.1 Å². The molecule has 1 heterocycles. The molecule has 0 amide bonds. The summed E-state index contributed by atoms with van der Waals surface area (Å²) in [7, 11) is 0. The predicted octanol–water partition coefficient (Wildman–Crippen LogP) is 2.33. The number of halogens is 1. The number of nitrogens with zero attached hydrogens (tertiary/aromatic N) is 2. The molecule has 0 N–H and O–H groups in total. The average Bonchev–Trinajstić information content (AvgIpc) is 2.61. The molecule has 1 aromatic heterocycles. The minimum atomic E-state index is -0.150. The Labute approximate surface area is 95.1 Å². The fraction of sp³-hybridized carbons (Fsp3) is 0.700. The van der Waals surface area contributed by atoms with Crippen LogP contribution in [-0.2, 0) is 16.0 Å². The van der Waals surface area contributed by atoms with Crippen molar-refractivity contribution in [3.05, 3.63) is 17.4 Å². The van der Waals surface area contributed by atoms with Gasteiger partial charge in [-0.25, -0.2) is 0 Å². The van der Waals surface area contributed by atoms with Crippen molar-refractivity contribution >= 4 is 11.6 Å². The molecule has 0 aliphatic carbocycles. The third-order valence-corrected chi connectivity index (χ3v) is 2.10. The van der Waals surface area contributed by atoms with Crippen LogP contribution in [-0.4, -0.2) is 29.3 Å². The Morgan fingerprint density at radius 2 is 2.07 bits per heavy atom. The van der Waals surface area contributed by atoms with Crippen LogP contribution in [0.3, 0.4) is 0 Å². The molecule has 0 spiro atoms. The molecule has 0 fully saturated rings. The summed E-state index contributed by atoms with van der Waals surface area (Å²) >= 11 is 5.75. The summed E-state index contributed by atoms with van der Waals surface area (Å²) in [6, 6.07) is 0. The highest BCUT2D eigenvalue weighted by Crippen LogP contribution is 2.07. The fourth-order valence-electron chi connectivity index (χ4n) is 1.28. The molecule has 0 saturated carbocycles. The molecule has 4 nitrogen and oxygen atoms in total. The van der Waals surface area contributed by atoms with E-state index in [4.69, 9.17) is 21.1 Å². The Morgan fingerprint density at radius 1 is 1.40 bits per heavy atom. The van der Waals surface area contributed by atoms with Crippen molar-refractivity contribution in [2.45, 2.75) is 33.1 Å². The number of ether oxygens (including phenoxy) is 2. The number of rotatable bonds is 7. The van der Waals surface area contributed by atoms with Gasteiger partial charge in [0.05, 0.1) is 11.2 Å². The molecule has 1 rings (SSSR count). The van der Waals surface area contributed by atoms with Gasteiger partial charge in [-0.1, -0.05) is 11.6 Å². The first-order valence-corrected chi connectivity index (χ1v) is 5.55. The third kappa shape index (κ3) is 4.64. The lowest BCUT2D eigenvalue weighted by Crippen LogP contribution is -2.19. The van der Waals surface area contributed by atoms with Gasteiger partial charge in [-0.15, -0.1) is 0 Å². The van der Waals surface area contributed by atoms with E-state index in [0.717, 1.165) is 13.0 Å². The van der Waals surface area contributed by atoms with E-state index in [9.17, 15) is 0 Å². The molecule has 5 heteroatoms. The SMILES string of the molecule is CCOC(CCn1cc(Cl)cn1)OCC. The first kappa shape index (κ1) is 12.5. The fourth-order valence-corrected chi connectivity index (χ4v) is 1.44. The Balaban J connectivity index is 2.32. The van der Waals surface area contributed by atoms with Crippen molar-refractivity contribution in [3.8, 4) is 0 Å². The van der Waals surface area contributed by atoms with E-state index < -0.39 is 0 Å². The molecule has 0 aliphatic rings. The maximum atomic E-state index is 5.75. The standard InChI is InChI=1S/C10H17ClN2O2/c1-3-14-10(15-4-2)5-6-13-8-9(11)7-12-13/h7-8,10H,3-6H2,1-2H3.